The van der Waals surface area contributed by atoms with Gasteiger partial charge in [0.1, 0.15) is 0 Å². The maximum Gasteiger partial charge on any atom is 0.0637 e. The molecular formula is C15H24BrNO. The Morgan fingerprint density at radius 1 is 1.33 bits per heavy atom. The highest BCUT2D eigenvalue weighted by molar-refractivity contribution is 9.10. The van der Waals surface area contributed by atoms with Crippen LogP contribution in [-0.4, -0.2) is 18.8 Å². The van der Waals surface area contributed by atoms with Crippen LogP contribution in [0.4, 0.5) is 0 Å². The van der Waals surface area contributed by atoms with Gasteiger partial charge in [0.05, 0.1) is 5.60 Å². The lowest BCUT2D eigenvalue weighted by Crippen LogP contribution is -2.36. The largest absolute Gasteiger partial charge is 0.379 e. The Hall–Kier alpha value is -0.380. The monoisotopic (exact) mass is 313 g/mol. The Kier molecular flexibility index (Phi) is 5.83. The number of hydrogen-bond donors (Lipinski definition) is 1. The first-order valence-corrected chi connectivity index (χ1v) is 7.20. The molecule has 1 aromatic rings. The van der Waals surface area contributed by atoms with Crippen LogP contribution in [0.1, 0.15) is 45.7 Å². The summed E-state index contributed by atoms with van der Waals surface area (Å²) in [6.07, 6.45) is 0.988. The Balaban J connectivity index is 2.57. The quantitative estimate of drug-likeness (QED) is 0.845. The zero-order chi connectivity index (χ0) is 13.8. The molecule has 0 fully saturated rings. The van der Waals surface area contributed by atoms with E-state index in [1.807, 2.05) is 6.07 Å². The molecule has 0 aliphatic carbocycles. The van der Waals surface area contributed by atoms with E-state index in [2.05, 4.69) is 67.1 Å². The van der Waals surface area contributed by atoms with Crippen LogP contribution < -0.4 is 5.32 Å². The van der Waals surface area contributed by atoms with Crippen LogP contribution in [0.15, 0.2) is 28.7 Å². The minimum absolute atomic E-state index is 0.0800. The fourth-order valence-corrected chi connectivity index (χ4v) is 2.60. The molecule has 3 heteroatoms. The molecule has 0 aliphatic heterocycles. The summed E-state index contributed by atoms with van der Waals surface area (Å²) >= 11 is 3.51. The molecule has 0 aliphatic rings. The molecule has 2 nitrogen and oxygen atoms in total. The average Bonchev–Trinajstić information content (AvgIpc) is 2.28. The third-order valence-electron chi connectivity index (χ3n) is 3.23. The van der Waals surface area contributed by atoms with E-state index < -0.39 is 0 Å². The van der Waals surface area contributed by atoms with Gasteiger partial charge in [-0.3, -0.25) is 0 Å². The predicted molar refractivity (Wildman–Crippen MR) is 80.9 cm³/mol. The third-order valence-corrected chi connectivity index (χ3v) is 3.73. The summed E-state index contributed by atoms with van der Waals surface area (Å²) in [7, 11) is 1.77. The zero-order valence-electron chi connectivity index (χ0n) is 12.0. The summed E-state index contributed by atoms with van der Waals surface area (Å²) in [5.74, 6) is 0. The molecule has 102 valence electrons. The van der Waals surface area contributed by atoms with Gasteiger partial charge >= 0.3 is 0 Å². The van der Waals surface area contributed by atoms with Crippen molar-refractivity contribution >= 4 is 15.9 Å². The van der Waals surface area contributed by atoms with Crippen molar-refractivity contribution in [1.29, 1.82) is 0 Å². The second-order valence-electron chi connectivity index (χ2n) is 5.51. The highest BCUT2D eigenvalue weighted by Gasteiger charge is 2.21. The number of rotatable bonds is 6. The van der Waals surface area contributed by atoms with Crippen molar-refractivity contribution in [3.63, 3.8) is 0 Å². The molecule has 0 heterocycles. The predicted octanol–water partition coefficient (Wildman–Crippen LogP) is 4.30. The molecule has 0 spiro atoms. The summed E-state index contributed by atoms with van der Waals surface area (Å²) in [5, 5.41) is 3.61. The van der Waals surface area contributed by atoms with E-state index in [1.54, 1.807) is 7.11 Å². The maximum absolute atomic E-state index is 5.47. The first-order valence-electron chi connectivity index (χ1n) is 6.41. The summed E-state index contributed by atoms with van der Waals surface area (Å²) < 4.78 is 6.59. The minimum Gasteiger partial charge on any atom is -0.379 e. The van der Waals surface area contributed by atoms with Crippen LogP contribution in [-0.2, 0) is 4.74 Å². The number of ether oxygens (including phenoxy) is 1. The molecule has 0 bridgehead atoms. The van der Waals surface area contributed by atoms with Crippen molar-refractivity contribution < 1.29 is 4.74 Å². The smallest absolute Gasteiger partial charge is 0.0637 e. The fraction of sp³-hybridized carbons (Fsp3) is 0.600. The normalized spacial score (nSPS) is 15.4. The molecular weight excluding hydrogens is 290 g/mol. The Labute approximate surface area is 119 Å². The van der Waals surface area contributed by atoms with E-state index >= 15 is 0 Å². The molecule has 1 aromatic carbocycles. The van der Waals surface area contributed by atoms with Crippen molar-refractivity contribution in [2.75, 3.05) is 7.11 Å². The zero-order valence-corrected chi connectivity index (χ0v) is 13.5. The van der Waals surface area contributed by atoms with Crippen molar-refractivity contribution in [1.82, 2.24) is 5.32 Å². The lowest BCUT2D eigenvalue weighted by Gasteiger charge is -2.29. The molecule has 0 amide bonds. The highest BCUT2D eigenvalue weighted by atomic mass is 79.9. The first kappa shape index (κ1) is 15.7. The molecule has 0 radical (unpaired) electrons. The number of hydrogen-bond acceptors (Lipinski definition) is 2. The van der Waals surface area contributed by atoms with Crippen molar-refractivity contribution in [3.8, 4) is 0 Å². The van der Waals surface area contributed by atoms with E-state index in [-0.39, 0.29) is 5.60 Å². The van der Waals surface area contributed by atoms with E-state index in [9.17, 15) is 0 Å². The fourth-order valence-electron chi connectivity index (χ4n) is 2.18. The minimum atomic E-state index is -0.0800. The number of halogens is 1. The second kappa shape index (κ2) is 6.69. The van der Waals surface area contributed by atoms with Crippen LogP contribution in [0, 0.1) is 0 Å². The SMILES string of the molecule is COC(C)(C)CC(C)N[C@@H](C)c1cccc(Br)c1. The van der Waals surface area contributed by atoms with Gasteiger partial charge in [0, 0.05) is 23.7 Å². The van der Waals surface area contributed by atoms with Gasteiger partial charge in [0.2, 0.25) is 0 Å². The van der Waals surface area contributed by atoms with Crippen LogP contribution in [0.3, 0.4) is 0 Å². The summed E-state index contributed by atoms with van der Waals surface area (Å²) in [4.78, 5) is 0. The molecule has 0 saturated heterocycles. The summed E-state index contributed by atoms with van der Waals surface area (Å²) in [6, 6.07) is 9.18. The van der Waals surface area contributed by atoms with Gasteiger partial charge in [-0.15, -0.1) is 0 Å². The number of benzene rings is 1. The van der Waals surface area contributed by atoms with Crippen LogP contribution in [0.2, 0.25) is 0 Å². The Morgan fingerprint density at radius 3 is 2.56 bits per heavy atom. The Morgan fingerprint density at radius 2 is 2.00 bits per heavy atom. The summed E-state index contributed by atoms with van der Waals surface area (Å²) in [5.41, 5.74) is 1.22. The molecule has 0 saturated carbocycles. The van der Waals surface area contributed by atoms with Crippen molar-refractivity contribution in [3.05, 3.63) is 34.3 Å². The standard InChI is InChI=1S/C15H24BrNO/c1-11(10-15(3,4)18-5)17-12(2)13-7-6-8-14(16)9-13/h6-9,11-12,17H,10H2,1-5H3/t11?,12-/m0/s1. The number of nitrogens with one attached hydrogen (secondary N) is 1. The topological polar surface area (TPSA) is 21.3 Å². The molecule has 18 heavy (non-hydrogen) atoms. The van der Waals surface area contributed by atoms with E-state index in [0.29, 0.717) is 12.1 Å². The first-order chi connectivity index (χ1) is 8.34. The second-order valence-corrected chi connectivity index (χ2v) is 6.43. The lowest BCUT2D eigenvalue weighted by molar-refractivity contribution is 0.00782. The maximum atomic E-state index is 5.47. The molecule has 0 aromatic heterocycles. The van der Waals surface area contributed by atoms with Gasteiger partial charge in [-0.05, 0) is 51.8 Å². The lowest BCUT2D eigenvalue weighted by atomic mass is 9.98. The molecule has 1 rings (SSSR count). The Bertz CT molecular complexity index is 379. The van der Waals surface area contributed by atoms with E-state index in [4.69, 9.17) is 4.74 Å². The number of methoxy groups -OCH3 is 1. The molecule has 1 unspecified atom stereocenters. The molecule has 1 N–H and O–H groups in total. The van der Waals surface area contributed by atoms with Crippen LogP contribution in [0.25, 0.3) is 0 Å². The van der Waals surface area contributed by atoms with E-state index in [0.717, 1.165) is 10.9 Å². The van der Waals surface area contributed by atoms with Gasteiger partial charge in [-0.1, -0.05) is 28.1 Å². The van der Waals surface area contributed by atoms with Gasteiger partial charge in [-0.2, -0.15) is 0 Å². The van der Waals surface area contributed by atoms with Crippen molar-refractivity contribution in [2.24, 2.45) is 0 Å². The van der Waals surface area contributed by atoms with E-state index in [1.165, 1.54) is 5.56 Å². The van der Waals surface area contributed by atoms with Crippen molar-refractivity contribution in [2.45, 2.75) is 51.8 Å². The third kappa shape index (κ3) is 5.09. The van der Waals surface area contributed by atoms with Gasteiger partial charge in [-0.25, -0.2) is 0 Å². The van der Waals surface area contributed by atoms with Crippen LogP contribution in [0.5, 0.6) is 0 Å². The highest BCUT2D eigenvalue weighted by Crippen LogP contribution is 2.21. The summed E-state index contributed by atoms with van der Waals surface area (Å²) in [6.45, 7) is 8.64. The van der Waals surface area contributed by atoms with Gasteiger partial charge in [0.15, 0.2) is 0 Å². The van der Waals surface area contributed by atoms with Gasteiger partial charge in [0.25, 0.3) is 0 Å². The van der Waals surface area contributed by atoms with Crippen LogP contribution >= 0.6 is 15.9 Å². The molecule has 2 atom stereocenters. The average molecular weight is 314 g/mol. The van der Waals surface area contributed by atoms with Gasteiger partial charge < -0.3 is 10.1 Å².